The molecule has 1 aromatic carbocycles. The first-order valence-electron chi connectivity index (χ1n) is 6.45. The van der Waals surface area contributed by atoms with Crippen molar-refractivity contribution in [2.75, 3.05) is 13.6 Å². The van der Waals surface area contributed by atoms with E-state index >= 15 is 0 Å². The van der Waals surface area contributed by atoms with Gasteiger partial charge in [0.2, 0.25) is 0 Å². The van der Waals surface area contributed by atoms with Crippen LogP contribution in [0.3, 0.4) is 0 Å². The Morgan fingerprint density at radius 1 is 1.30 bits per heavy atom. The van der Waals surface area contributed by atoms with Gasteiger partial charge in [-0.3, -0.25) is 4.79 Å². The summed E-state index contributed by atoms with van der Waals surface area (Å²) >= 11 is 3.45. The summed E-state index contributed by atoms with van der Waals surface area (Å²) in [5.74, 6) is -0.803. The summed E-state index contributed by atoms with van der Waals surface area (Å²) in [6.45, 7) is 1.01. The fourth-order valence-electron chi connectivity index (χ4n) is 1.69. The van der Waals surface area contributed by atoms with Crippen LogP contribution in [0.15, 0.2) is 28.7 Å². The Morgan fingerprint density at radius 2 is 2.00 bits per heavy atom. The number of hydrogen-bond donors (Lipinski definition) is 2. The molecule has 5 nitrogen and oxygen atoms in total. The molecule has 0 heterocycles. The van der Waals surface area contributed by atoms with Crippen LogP contribution in [0.5, 0.6) is 0 Å². The highest BCUT2D eigenvalue weighted by Crippen LogP contribution is 2.17. The number of rotatable bonds is 7. The maximum Gasteiger partial charge on any atom is 0.317 e. The van der Waals surface area contributed by atoms with Gasteiger partial charge in [0.05, 0.1) is 0 Å². The number of carbonyl (C=O) groups excluding carboxylic acids is 1. The van der Waals surface area contributed by atoms with Gasteiger partial charge in [0, 0.05) is 31.0 Å². The van der Waals surface area contributed by atoms with Crippen molar-refractivity contribution in [3.05, 3.63) is 34.3 Å². The van der Waals surface area contributed by atoms with Crippen LogP contribution < -0.4 is 5.32 Å². The zero-order valence-corrected chi connectivity index (χ0v) is 13.0. The lowest BCUT2D eigenvalue weighted by molar-refractivity contribution is -0.137. The zero-order valence-electron chi connectivity index (χ0n) is 11.4. The van der Waals surface area contributed by atoms with Crippen molar-refractivity contribution in [2.45, 2.75) is 25.8 Å². The first-order chi connectivity index (χ1) is 9.50. The summed E-state index contributed by atoms with van der Waals surface area (Å²) in [6, 6.07) is 7.60. The van der Waals surface area contributed by atoms with Gasteiger partial charge < -0.3 is 15.3 Å². The van der Waals surface area contributed by atoms with Crippen molar-refractivity contribution in [3.63, 3.8) is 0 Å². The monoisotopic (exact) mass is 342 g/mol. The van der Waals surface area contributed by atoms with E-state index in [0.717, 1.165) is 10.0 Å². The predicted molar refractivity (Wildman–Crippen MR) is 80.5 cm³/mol. The molecular weight excluding hydrogens is 324 g/mol. The molecule has 0 aliphatic heterocycles. The minimum absolute atomic E-state index is 0.142. The van der Waals surface area contributed by atoms with Crippen molar-refractivity contribution < 1.29 is 14.7 Å². The highest BCUT2D eigenvalue weighted by atomic mass is 79.9. The summed E-state index contributed by atoms with van der Waals surface area (Å²) in [6.07, 6.45) is 1.38. The number of carboxylic acids is 1. The van der Waals surface area contributed by atoms with Gasteiger partial charge in [-0.25, -0.2) is 4.79 Å². The Morgan fingerprint density at radius 3 is 2.65 bits per heavy atom. The second-order valence-corrected chi connectivity index (χ2v) is 5.38. The molecule has 0 fully saturated rings. The second kappa shape index (κ2) is 8.58. The molecule has 0 aromatic heterocycles. The Hall–Kier alpha value is -1.56. The van der Waals surface area contributed by atoms with Crippen LogP contribution in [-0.2, 0) is 11.3 Å². The van der Waals surface area contributed by atoms with Crippen LogP contribution in [0.1, 0.15) is 24.8 Å². The van der Waals surface area contributed by atoms with Crippen molar-refractivity contribution in [1.82, 2.24) is 10.2 Å². The molecule has 110 valence electrons. The van der Waals surface area contributed by atoms with Crippen molar-refractivity contribution in [2.24, 2.45) is 0 Å². The van der Waals surface area contributed by atoms with E-state index in [2.05, 4.69) is 21.2 Å². The summed E-state index contributed by atoms with van der Waals surface area (Å²) in [5.41, 5.74) is 1.04. The molecular formula is C14H19BrN2O3. The van der Waals surface area contributed by atoms with Crippen molar-refractivity contribution in [1.29, 1.82) is 0 Å². The van der Waals surface area contributed by atoms with Crippen LogP contribution >= 0.6 is 15.9 Å². The maximum absolute atomic E-state index is 11.8. The lowest BCUT2D eigenvalue weighted by Crippen LogP contribution is -2.37. The third-order valence-corrected chi connectivity index (χ3v) is 3.58. The van der Waals surface area contributed by atoms with Gasteiger partial charge in [-0.05, 0) is 24.5 Å². The van der Waals surface area contributed by atoms with Crippen LogP contribution in [0.4, 0.5) is 4.79 Å². The van der Waals surface area contributed by atoms with E-state index in [1.807, 2.05) is 24.3 Å². The molecule has 1 rings (SSSR count). The molecule has 0 spiro atoms. The number of hydrogen-bond acceptors (Lipinski definition) is 2. The molecule has 2 amide bonds. The van der Waals surface area contributed by atoms with Gasteiger partial charge in [0.25, 0.3) is 0 Å². The van der Waals surface area contributed by atoms with E-state index in [4.69, 9.17) is 5.11 Å². The molecule has 0 unspecified atom stereocenters. The van der Waals surface area contributed by atoms with Crippen LogP contribution in [0.25, 0.3) is 0 Å². The normalized spacial score (nSPS) is 10.1. The van der Waals surface area contributed by atoms with E-state index in [9.17, 15) is 9.59 Å². The van der Waals surface area contributed by atoms with Crippen LogP contribution in [0.2, 0.25) is 0 Å². The number of unbranched alkanes of at least 4 members (excludes halogenated alkanes) is 1. The maximum atomic E-state index is 11.8. The number of carbonyl (C=O) groups is 2. The van der Waals surface area contributed by atoms with E-state index < -0.39 is 5.97 Å². The summed E-state index contributed by atoms with van der Waals surface area (Å²) in [7, 11) is 1.73. The molecule has 6 heteroatoms. The summed E-state index contributed by atoms with van der Waals surface area (Å²) < 4.78 is 0.973. The van der Waals surface area contributed by atoms with Gasteiger partial charge in [-0.15, -0.1) is 0 Å². The van der Waals surface area contributed by atoms with E-state index in [0.29, 0.717) is 25.9 Å². The average Bonchev–Trinajstić information content (AvgIpc) is 2.40. The van der Waals surface area contributed by atoms with E-state index in [1.54, 1.807) is 11.9 Å². The first kappa shape index (κ1) is 16.5. The third-order valence-electron chi connectivity index (χ3n) is 2.81. The number of nitrogens with one attached hydrogen (secondary N) is 1. The molecule has 0 bridgehead atoms. The van der Waals surface area contributed by atoms with Crippen molar-refractivity contribution >= 4 is 27.9 Å². The quantitative estimate of drug-likeness (QED) is 0.748. The number of aliphatic carboxylic acids is 1. The lowest BCUT2D eigenvalue weighted by atomic mass is 10.2. The average molecular weight is 343 g/mol. The number of carboxylic acid groups (broad SMARTS) is 1. The highest BCUT2D eigenvalue weighted by molar-refractivity contribution is 9.10. The van der Waals surface area contributed by atoms with E-state index in [-0.39, 0.29) is 12.5 Å². The largest absolute Gasteiger partial charge is 0.481 e. The minimum atomic E-state index is -0.803. The molecule has 0 saturated heterocycles. The van der Waals surface area contributed by atoms with Gasteiger partial charge >= 0.3 is 12.0 Å². The zero-order chi connectivity index (χ0) is 15.0. The Labute approximate surface area is 127 Å². The van der Waals surface area contributed by atoms with Crippen LogP contribution in [0, 0.1) is 0 Å². The summed E-state index contributed by atoms with van der Waals surface area (Å²) in [5, 5.41) is 11.3. The molecule has 0 saturated carbocycles. The first-order valence-corrected chi connectivity index (χ1v) is 7.24. The topological polar surface area (TPSA) is 69.6 Å². The minimum Gasteiger partial charge on any atom is -0.481 e. The number of amides is 2. The highest BCUT2D eigenvalue weighted by Gasteiger charge is 2.09. The smallest absolute Gasteiger partial charge is 0.317 e. The molecule has 20 heavy (non-hydrogen) atoms. The Kier molecular flexibility index (Phi) is 7.08. The number of halogens is 1. The number of benzene rings is 1. The lowest BCUT2D eigenvalue weighted by Gasteiger charge is -2.18. The third kappa shape index (κ3) is 6.06. The standard InChI is InChI=1S/C14H19BrN2O3/c1-17(10-11-6-2-3-7-12(11)15)14(20)16-9-5-4-8-13(18)19/h2-3,6-7H,4-5,8-10H2,1H3,(H,16,20)(H,18,19). The SMILES string of the molecule is CN(Cc1ccccc1Br)C(=O)NCCCCC(=O)O. The van der Waals surface area contributed by atoms with Gasteiger partial charge in [-0.2, -0.15) is 0 Å². The molecule has 2 N–H and O–H groups in total. The molecule has 0 aliphatic carbocycles. The molecule has 1 aromatic rings. The molecule has 0 aliphatic rings. The Balaban J connectivity index is 2.29. The molecule has 0 atom stereocenters. The number of nitrogens with zero attached hydrogens (tertiary/aromatic N) is 1. The summed E-state index contributed by atoms with van der Waals surface area (Å²) in [4.78, 5) is 23.8. The number of urea groups is 1. The Bertz CT molecular complexity index is 465. The fraction of sp³-hybridized carbons (Fsp3) is 0.429. The van der Waals surface area contributed by atoms with Crippen LogP contribution in [-0.4, -0.2) is 35.6 Å². The van der Waals surface area contributed by atoms with E-state index in [1.165, 1.54) is 0 Å². The van der Waals surface area contributed by atoms with Gasteiger partial charge in [0.1, 0.15) is 0 Å². The van der Waals surface area contributed by atoms with Gasteiger partial charge in [-0.1, -0.05) is 34.1 Å². The molecule has 0 radical (unpaired) electrons. The van der Waals surface area contributed by atoms with Crippen molar-refractivity contribution in [3.8, 4) is 0 Å². The fourth-order valence-corrected chi connectivity index (χ4v) is 2.10. The predicted octanol–water partition coefficient (Wildman–Crippen LogP) is 2.85. The van der Waals surface area contributed by atoms with Gasteiger partial charge in [0.15, 0.2) is 0 Å². The second-order valence-electron chi connectivity index (χ2n) is 4.53.